The number of hydrogen-bond acceptors (Lipinski definition) is 6. The van der Waals surface area contributed by atoms with Crippen molar-refractivity contribution in [2.24, 2.45) is 0 Å². The summed E-state index contributed by atoms with van der Waals surface area (Å²) < 4.78 is 12.1. The summed E-state index contributed by atoms with van der Waals surface area (Å²) in [6.45, 7) is 5.83. The van der Waals surface area contributed by atoms with E-state index >= 15 is 0 Å². The molecule has 3 rings (SSSR count). The van der Waals surface area contributed by atoms with Crippen molar-refractivity contribution in [1.82, 2.24) is 10.6 Å². The second-order valence-corrected chi connectivity index (χ2v) is 8.78. The molecule has 10 heteroatoms. The zero-order valence-corrected chi connectivity index (χ0v) is 21.2. The largest absolute Gasteiger partial charge is 0.490 e. The van der Waals surface area contributed by atoms with E-state index in [0.29, 0.717) is 27.2 Å². The fourth-order valence-corrected chi connectivity index (χ4v) is 4.01. The van der Waals surface area contributed by atoms with Crippen LogP contribution in [0.4, 0.5) is 5.69 Å². The van der Waals surface area contributed by atoms with E-state index in [-0.39, 0.29) is 23.2 Å². The van der Waals surface area contributed by atoms with E-state index in [1.54, 1.807) is 12.1 Å². The smallest absolute Gasteiger partial charge is 0.263 e. The first-order chi connectivity index (χ1) is 15.7. The number of ether oxygens (including phenoxy) is 2. The molecule has 1 saturated heterocycles. The minimum atomic E-state index is -0.583. The zero-order chi connectivity index (χ0) is 24.1. The predicted molar refractivity (Wildman–Crippen MR) is 137 cm³/mol. The number of thiocarbonyl (C=S) groups is 1. The van der Waals surface area contributed by atoms with Crippen molar-refractivity contribution < 1.29 is 23.9 Å². The van der Waals surface area contributed by atoms with Gasteiger partial charge >= 0.3 is 0 Å². The molecule has 2 aromatic rings. The lowest BCUT2D eigenvalue weighted by Gasteiger charge is -2.17. The van der Waals surface area contributed by atoms with Gasteiger partial charge in [-0.15, -0.1) is 0 Å². The van der Waals surface area contributed by atoms with E-state index in [0.717, 1.165) is 16.8 Å². The first kappa shape index (κ1) is 24.6. The van der Waals surface area contributed by atoms with Gasteiger partial charge < -0.3 is 14.8 Å². The SMILES string of the molecule is CCOc1cc(C=C2C(=O)NC(=S)NC2=O)cc(I)c1OCC(=O)Nc1cc(C)ccc1C. The van der Waals surface area contributed by atoms with Crippen LogP contribution in [-0.4, -0.2) is 36.0 Å². The number of carbonyl (C=O) groups is 3. The van der Waals surface area contributed by atoms with Crippen LogP contribution in [0, 0.1) is 17.4 Å². The molecule has 0 unspecified atom stereocenters. The van der Waals surface area contributed by atoms with Crippen molar-refractivity contribution in [2.75, 3.05) is 18.5 Å². The number of rotatable bonds is 7. The summed E-state index contributed by atoms with van der Waals surface area (Å²) in [5.74, 6) is -0.683. The molecule has 0 radical (unpaired) electrons. The minimum absolute atomic E-state index is 0.0328. The Bertz CT molecular complexity index is 1160. The molecule has 0 atom stereocenters. The molecule has 172 valence electrons. The maximum atomic E-state index is 12.5. The van der Waals surface area contributed by atoms with E-state index in [1.165, 1.54) is 6.08 Å². The van der Waals surface area contributed by atoms with Crippen molar-refractivity contribution >= 4 is 69.4 Å². The lowest BCUT2D eigenvalue weighted by atomic mass is 10.1. The highest BCUT2D eigenvalue weighted by Gasteiger charge is 2.26. The number of nitrogens with one attached hydrogen (secondary N) is 3. The van der Waals surface area contributed by atoms with Gasteiger partial charge in [-0.2, -0.15) is 0 Å². The van der Waals surface area contributed by atoms with Gasteiger partial charge in [0, 0.05) is 5.69 Å². The van der Waals surface area contributed by atoms with Crippen molar-refractivity contribution in [1.29, 1.82) is 0 Å². The van der Waals surface area contributed by atoms with Gasteiger partial charge in [-0.05, 0) is 96.5 Å². The van der Waals surface area contributed by atoms with Gasteiger partial charge in [-0.1, -0.05) is 12.1 Å². The van der Waals surface area contributed by atoms with Gasteiger partial charge in [0.1, 0.15) is 5.57 Å². The Morgan fingerprint density at radius 3 is 2.48 bits per heavy atom. The molecule has 0 spiro atoms. The van der Waals surface area contributed by atoms with E-state index in [1.807, 2.05) is 39.0 Å². The maximum Gasteiger partial charge on any atom is 0.263 e. The maximum absolute atomic E-state index is 12.5. The van der Waals surface area contributed by atoms with Crippen molar-refractivity contribution in [3.05, 3.63) is 56.2 Å². The molecule has 0 aromatic heterocycles. The molecule has 3 N–H and O–H groups in total. The Hall–Kier alpha value is -2.99. The van der Waals surface area contributed by atoms with Crippen LogP contribution in [0.1, 0.15) is 23.6 Å². The normalized spacial score (nSPS) is 13.2. The Labute approximate surface area is 210 Å². The molecule has 2 aromatic carbocycles. The van der Waals surface area contributed by atoms with Gasteiger partial charge in [-0.25, -0.2) is 0 Å². The molecule has 3 amide bonds. The Balaban J connectivity index is 1.80. The van der Waals surface area contributed by atoms with E-state index in [4.69, 9.17) is 21.7 Å². The molecule has 0 saturated carbocycles. The van der Waals surface area contributed by atoms with Crippen molar-refractivity contribution in [2.45, 2.75) is 20.8 Å². The Kier molecular flexibility index (Phi) is 8.03. The molecule has 1 fully saturated rings. The standard InChI is InChI=1S/C23H22IN3O5S/c1-4-31-18-10-14(8-15-21(29)26-23(33)27-22(15)30)9-16(24)20(18)32-11-19(28)25-17-7-12(2)5-6-13(17)3/h5-10H,4,11H2,1-3H3,(H,25,28)(H2,26,27,29,30,33). The highest BCUT2D eigenvalue weighted by Crippen LogP contribution is 2.35. The van der Waals surface area contributed by atoms with Crippen LogP contribution in [-0.2, 0) is 14.4 Å². The Morgan fingerprint density at radius 2 is 1.82 bits per heavy atom. The number of amides is 3. The molecule has 1 aliphatic heterocycles. The molecular weight excluding hydrogens is 557 g/mol. The molecule has 8 nitrogen and oxygen atoms in total. The lowest BCUT2D eigenvalue weighted by molar-refractivity contribution is -0.123. The predicted octanol–water partition coefficient (Wildman–Crippen LogP) is 3.24. The van der Waals surface area contributed by atoms with Crippen LogP contribution < -0.4 is 25.4 Å². The second kappa shape index (κ2) is 10.8. The van der Waals surface area contributed by atoms with Gasteiger partial charge in [0.05, 0.1) is 10.2 Å². The highest BCUT2D eigenvalue weighted by atomic mass is 127. The van der Waals surface area contributed by atoms with E-state index in [9.17, 15) is 14.4 Å². The molecular formula is C23H22IN3O5S. The van der Waals surface area contributed by atoms with Crippen LogP contribution in [0.15, 0.2) is 35.9 Å². The van der Waals surface area contributed by atoms with Crippen molar-refractivity contribution in [3.63, 3.8) is 0 Å². The second-order valence-electron chi connectivity index (χ2n) is 7.21. The van der Waals surface area contributed by atoms with Gasteiger partial charge in [0.15, 0.2) is 23.2 Å². The quantitative estimate of drug-likeness (QED) is 0.202. The average molecular weight is 579 g/mol. The van der Waals surface area contributed by atoms with E-state index in [2.05, 4.69) is 38.5 Å². The molecule has 1 heterocycles. The van der Waals surface area contributed by atoms with Crippen LogP contribution in [0.5, 0.6) is 11.5 Å². The summed E-state index contributed by atoms with van der Waals surface area (Å²) in [5, 5.41) is 7.61. The first-order valence-electron chi connectivity index (χ1n) is 10.0. The summed E-state index contributed by atoms with van der Waals surface area (Å²) in [5.41, 5.74) is 3.20. The van der Waals surface area contributed by atoms with Crippen LogP contribution in [0.2, 0.25) is 0 Å². The fourth-order valence-electron chi connectivity index (χ4n) is 3.04. The summed E-state index contributed by atoms with van der Waals surface area (Å²) in [7, 11) is 0. The third-order valence-corrected chi connectivity index (χ3v) is 5.61. The third kappa shape index (κ3) is 6.29. The molecule has 0 aliphatic carbocycles. The summed E-state index contributed by atoms with van der Waals surface area (Å²) in [4.78, 5) is 36.7. The zero-order valence-electron chi connectivity index (χ0n) is 18.2. The first-order valence-corrected chi connectivity index (χ1v) is 11.5. The van der Waals surface area contributed by atoms with Crippen molar-refractivity contribution in [3.8, 4) is 11.5 Å². The summed E-state index contributed by atoms with van der Waals surface area (Å²) in [6.07, 6.45) is 1.44. The number of carbonyl (C=O) groups excluding carboxylic acids is 3. The average Bonchev–Trinajstić information content (AvgIpc) is 2.73. The molecule has 33 heavy (non-hydrogen) atoms. The van der Waals surface area contributed by atoms with Gasteiger partial charge in [-0.3, -0.25) is 25.0 Å². The van der Waals surface area contributed by atoms with Crippen LogP contribution in [0.25, 0.3) is 6.08 Å². The van der Waals surface area contributed by atoms with Gasteiger partial charge in [0.25, 0.3) is 17.7 Å². The molecule has 1 aliphatic rings. The van der Waals surface area contributed by atoms with E-state index < -0.39 is 11.8 Å². The number of benzene rings is 2. The topological polar surface area (TPSA) is 106 Å². The molecule has 0 bridgehead atoms. The number of halogens is 1. The van der Waals surface area contributed by atoms with Crippen LogP contribution >= 0.6 is 34.8 Å². The monoisotopic (exact) mass is 579 g/mol. The third-order valence-electron chi connectivity index (χ3n) is 4.60. The van der Waals surface area contributed by atoms with Gasteiger partial charge in [0.2, 0.25) is 0 Å². The fraction of sp³-hybridized carbons (Fsp3) is 0.217. The Morgan fingerprint density at radius 1 is 1.12 bits per heavy atom. The highest BCUT2D eigenvalue weighted by molar-refractivity contribution is 14.1. The lowest BCUT2D eigenvalue weighted by Crippen LogP contribution is -2.51. The number of hydrogen-bond donors (Lipinski definition) is 3. The minimum Gasteiger partial charge on any atom is -0.490 e. The number of aryl methyl sites for hydroxylation is 2. The van der Waals surface area contributed by atoms with Crippen LogP contribution in [0.3, 0.4) is 0 Å². The summed E-state index contributed by atoms with van der Waals surface area (Å²) >= 11 is 6.87. The number of anilines is 1. The summed E-state index contributed by atoms with van der Waals surface area (Å²) in [6, 6.07) is 9.18.